The molecule has 1 aliphatic rings. The number of alkyl halides is 3. The Labute approximate surface area is 122 Å². The molecule has 0 amide bonds. The van der Waals surface area contributed by atoms with Crippen LogP contribution in [-0.2, 0) is 9.84 Å². The number of halogens is 3. The summed E-state index contributed by atoms with van der Waals surface area (Å²) >= 11 is 0. The third kappa shape index (κ3) is 4.12. The third-order valence-electron chi connectivity index (χ3n) is 3.80. The van der Waals surface area contributed by atoms with Crippen LogP contribution < -0.4 is 5.32 Å². The molecule has 118 valence electrons. The van der Waals surface area contributed by atoms with Crippen molar-refractivity contribution in [1.29, 1.82) is 0 Å². The molecule has 0 bridgehead atoms. The van der Waals surface area contributed by atoms with E-state index in [9.17, 15) is 21.6 Å². The van der Waals surface area contributed by atoms with Gasteiger partial charge in [-0.1, -0.05) is 18.9 Å². The Balaban J connectivity index is 2.20. The molecule has 0 aliphatic heterocycles. The summed E-state index contributed by atoms with van der Waals surface area (Å²) in [4.78, 5) is 0.104. The van der Waals surface area contributed by atoms with Crippen molar-refractivity contribution in [1.82, 2.24) is 0 Å². The van der Waals surface area contributed by atoms with Gasteiger partial charge in [0.05, 0.1) is 10.8 Å². The van der Waals surface area contributed by atoms with E-state index in [-0.39, 0.29) is 11.3 Å². The zero-order valence-electron chi connectivity index (χ0n) is 11.7. The van der Waals surface area contributed by atoms with Gasteiger partial charge in [0.25, 0.3) is 0 Å². The van der Waals surface area contributed by atoms with Crippen LogP contribution in [0.1, 0.15) is 25.7 Å². The molecule has 0 heterocycles. The number of hydrogen-bond acceptors (Lipinski definition) is 3. The van der Waals surface area contributed by atoms with Gasteiger partial charge < -0.3 is 5.32 Å². The molecule has 1 aromatic carbocycles. The van der Waals surface area contributed by atoms with Gasteiger partial charge in [-0.15, -0.1) is 0 Å². The molecule has 1 fully saturated rings. The standard InChI is InChI=1S/C14H18F3NO2S/c1-21(19,20)11-6-4-5-10(9-11)18-13-8-3-2-7-12(13)14(15,16)17/h4-6,9,12-13,18H,2-3,7-8H2,1H3. The number of hydrogen-bond donors (Lipinski definition) is 1. The Kier molecular flexibility index (Phi) is 4.51. The molecule has 0 radical (unpaired) electrons. The van der Waals surface area contributed by atoms with E-state index in [0.29, 0.717) is 18.5 Å². The maximum atomic E-state index is 13.0. The summed E-state index contributed by atoms with van der Waals surface area (Å²) in [6.07, 6.45) is -1.28. The highest BCUT2D eigenvalue weighted by Gasteiger charge is 2.45. The van der Waals surface area contributed by atoms with Crippen LogP contribution in [0.25, 0.3) is 0 Å². The fourth-order valence-corrected chi connectivity index (χ4v) is 3.39. The zero-order valence-corrected chi connectivity index (χ0v) is 12.5. The van der Waals surface area contributed by atoms with Crippen LogP contribution in [0.4, 0.5) is 18.9 Å². The number of rotatable bonds is 3. The van der Waals surface area contributed by atoms with Crippen LogP contribution >= 0.6 is 0 Å². The van der Waals surface area contributed by atoms with Crippen molar-refractivity contribution >= 4 is 15.5 Å². The molecular weight excluding hydrogens is 303 g/mol. The van der Waals surface area contributed by atoms with Crippen LogP contribution in [0.3, 0.4) is 0 Å². The van der Waals surface area contributed by atoms with Crippen LogP contribution in [0.15, 0.2) is 29.2 Å². The fourth-order valence-electron chi connectivity index (χ4n) is 2.73. The lowest BCUT2D eigenvalue weighted by Crippen LogP contribution is -2.41. The summed E-state index contributed by atoms with van der Waals surface area (Å²) in [7, 11) is -3.37. The molecule has 0 saturated heterocycles. The van der Waals surface area contributed by atoms with Crippen molar-refractivity contribution in [3.63, 3.8) is 0 Å². The van der Waals surface area contributed by atoms with E-state index >= 15 is 0 Å². The van der Waals surface area contributed by atoms with Gasteiger partial charge in [-0.2, -0.15) is 13.2 Å². The van der Waals surface area contributed by atoms with Crippen molar-refractivity contribution in [2.75, 3.05) is 11.6 Å². The molecule has 1 saturated carbocycles. The first-order chi connectivity index (χ1) is 9.68. The number of benzene rings is 1. The molecule has 3 nitrogen and oxygen atoms in total. The van der Waals surface area contributed by atoms with Gasteiger partial charge in [0, 0.05) is 18.0 Å². The van der Waals surface area contributed by atoms with E-state index in [1.807, 2.05) is 0 Å². The second-order valence-electron chi connectivity index (χ2n) is 5.48. The first kappa shape index (κ1) is 16.1. The lowest BCUT2D eigenvalue weighted by molar-refractivity contribution is -0.184. The lowest BCUT2D eigenvalue weighted by Gasteiger charge is -2.34. The van der Waals surface area contributed by atoms with Crippen LogP contribution in [-0.4, -0.2) is 26.9 Å². The van der Waals surface area contributed by atoms with Crippen molar-refractivity contribution in [3.8, 4) is 0 Å². The van der Waals surface area contributed by atoms with Gasteiger partial charge in [-0.3, -0.25) is 0 Å². The summed E-state index contributed by atoms with van der Waals surface area (Å²) in [6, 6.07) is 5.24. The molecular formula is C14H18F3NO2S. The van der Waals surface area contributed by atoms with Crippen molar-refractivity contribution < 1.29 is 21.6 Å². The summed E-state index contributed by atoms with van der Waals surface area (Å²) in [5.74, 6) is -1.38. The minimum absolute atomic E-state index is 0.104. The third-order valence-corrected chi connectivity index (χ3v) is 4.91. The highest BCUT2D eigenvalue weighted by atomic mass is 32.2. The fraction of sp³-hybridized carbons (Fsp3) is 0.571. The molecule has 1 N–H and O–H groups in total. The molecule has 7 heteroatoms. The molecule has 2 atom stereocenters. The predicted molar refractivity (Wildman–Crippen MR) is 75.0 cm³/mol. The monoisotopic (exact) mass is 321 g/mol. The summed E-state index contributed by atoms with van der Waals surface area (Å²) in [6.45, 7) is 0. The molecule has 1 aliphatic carbocycles. The minimum Gasteiger partial charge on any atom is -0.382 e. The second kappa shape index (κ2) is 5.87. The van der Waals surface area contributed by atoms with Gasteiger partial charge in [-0.05, 0) is 31.0 Å². The average molecular weight is 321 g/mol. The number of sulfone groups is 1. The van der Waals surface area contributed by atoms with Crippen molar-refractivity contribution in [2.45, 2.75) is 42.8 Å². The van der Waals surface area contributed by atoms with Crippen LogP contribution in [0.5, 0.6) is 0 Å². The maximum Gasteiger partial charge on any atom is 0.393 e. The van der Waals surface area contributed by atoms with Crippen LogP contribution in [0.2, 0.25) is 0 Å². The highest BCUT2D eigenvalue weighted by Crippen LogP contribution is 2.39. The Bertz CT molecular complexity index is 598. The van der Waals surface area contributed by atoms with Gasteiger partial charge in [0.2, 0.25) is 0 Å². The van der Waals surface area contributed by atoms with E-state index < -0.39 is 28.0 Å². The minimum atomic E-state index is -4.23. The van der Waals surface area contributed by atoms with Crippen molar-refractivity contribution in [3.05, 3.63) is 24.3 Å². The predicted octanol–water partition coefficient (Wildman–Crippen LogP) is 3.62. The largest absolute Gasteiger partial charge is 0.393 e. The summed E-state index contributed by atoms with van der Waals surface area (Å²) < 4.78 is 62.1. The second-order valence-corrected chi connectivity index (χ2v) is 7.50. The Hall–Kier alpha value is -1.24. The van der Waals surface area contributed by atoms with E-state index in [1.54, 1.807) is 6.07 Å². The van der Waals surface area contributed by atoms with E-state index in [0.717, 1.165) is 12.7 Å². The van der Waals surface area contributed by atoms with E-state index in [2.05, 4.69) is 5.32 Å². The molecule has 1 aromatic rings. The topological polar surface area (TPSA) is 46.2 Å². The van der Waals surface area contributed by atoms with Crippen molar-refractivity contribution in [2.24, 2.45) is 5.92 Å². The Morgan fingerprint density at radius 3 is 2.48 bits per heavy atom. The van der Waals surface area contributed by atoms with E-state index in [1.165, 1.54) is 18.2 Å². The maximum absolute atomic E-state index is 13.0. The van der Waals surface area contributed by atoms with Gasteiger partial charge in [-0.25, -0.2) is 8.42 Å². The average Bonchev–Trinajstić information content (AvgIpc) is 2.37. The first-order valence-electron chi connectivity index (χ1n) is 6.81. The molecule has 2 unspecified atom stereocenters. The lowest BCUT2D eigenvalue weighted by atomic mass is 9.84. The number of nitrogens with one attached hydrogen (secondary N) is 1. The highest BCUT2D eigenvalue weighted by molar-refractivity contribution is 7.90. The summed E-state index contributed by atoms with van der Waals surface area (Å²) in [5, 5.41) is 2.87. The Morgan fingerprint density at radius 1 is 1.19 bits per heavy atom. The SMILES string of the molecule is CS(=O)(=O)c1cccc(NC2CCCCC2C(F)(F)F)c1. The molecule has 0 spiro atoms. The molecule has 2 rings (SSSR count). The molecule has 0 aromatic heterocycles. The van der Waals surface area contributed by atoms with E-state index in [4.69, 9.17) is 0 Å². The van der Waals surface area contributed by atoms with Gasteiger partial charge >= 0.3 is 6.18 Å². The first-order valence-corrected chi connectivity index (χ1v) is 8.70. The normalized spacial score (nSPS) is 23.8. The van der Waals surface area contributed by atoms with Gasteiger partial charge in [0.1, 0.15) is 0 Å². The quantitative estimate of drug-likeness (QED) is 0.925. The zero-order chi connectivity index (χ0) is 15.7. The van der Waals surface area contributed by atoms with Gasteiger partial charge in [0.15, 0.2) is 9.84 Å². The Morgan fingerprint density at radius 2 is 1.86 bits per heavy atom. The molecule has 21 heavy (non-hydrogen) atoms. The van der Waals surface area contributed by atoms with Crippen LogP contribution in [0, 0.1) is 5.92 Å². The summed E-state index contributed by atoms with van der Waals surface area (Å²) in [5.41, 5.74) is 0.416. The number of anilines is 1. The smallest absolute Gasteiger partial charge is 0.382 e.